The molecule has 0 radical (unpaired) electrons. The number of ketones is 2. The van der Waals surface area contributed by atoms with Gasteiger partial charge < -0.3 is 14.2 Å². The van der Waals surface area contributed by atoms with Crippen molar-refractivity contribution >= 4 is 23.5 Å². The van der Waals surface area contributed by atoms with E-state index in [1.54, 1.807) is 13.8 Å². The van der Waals surface area contributed by atoms with Crippen LogP contribution in [0.5, 0.6) is 0 Å². The van der Waals surface area contributed by atoms with Crippen LogP contribution in [-0.4, -0.2) is 49.9 Å². The number of rotatable bonds is 10. The molecule has 0 spiro atoms. The SMILES string of the molecule is CC(=O)[C@H]1CCC[C@@H](C(=O)OCCOCCOC(=O)[C@H]2CCC[C@@H](C(C)=O)CCC2)CCC1. The van der Waals surface area contributed by atoms with Crippen molar-refractivity contribution in [2.24, 2.45) is 23.7 Å². The number of ether oxygens (including phenoxy) is 3. The van der Waals surface area contributed by atoms with Crippen LogP contribution in [0.2, 0.25) is 0 Å². The monoisotopic (exact) mass is 466 g/mol. The van der Waals surface area contributed by atoms with Gasteiger partial charge in [-0.1, -0.05) is 25.7 Å². The van der Waals surface area contributed by atoms with Crippen molar-refractivity contribution in [3.05, 3.63) is 0 Å². The third-order valence-electron chi connectivity index (χ3n) is 7.18. The summed E-state index contributed by atoms with van der Waals surface area (Å²) in [5.74, 6) is 0.274. The summed E-state index contributed by atoms with van der Waals surface area (Å²) in [6, 6.07) is 0. The maximum absolute atomic E-state index is 12.3. The molecule has 188 valence electrons. The molecule has 0 bridgehead atoms. The maximum atomic E-state index is 12.3. The van der Waals surface area contributed by atoms with Crippen LogP contribution in [0.4, 0.5) is 0 Å². The summed E-state index contributed by atoms with van der Waals surface area (Å²) in [6.45, 7) is 4.25. The Kier molecular flexibility index (Phi) is 12.7. The van der Waals surface area contributed by atoms with Crippen LogP contribution >= 0.6 is 0 Å². The minimum atomic E-state index is -0.178. The van der Waals surface area contributed by atoms with Gasteiger partial charge in [0.25, 0.3) is 0 Å². The van der Waals surface area contributed by atoms with Crippen molar-refractivity contribution < 1.29 is 33.4 Å². The Morgan fingerprint density at radius 1 is 0.515 bits per heavy atom. The Bertz CT molecular complexity index is 571. The largest absolute Gasteiger partial charge is 0.463 e. The zero-order valence-electron chi connectivity index (χ0n) is 20.5. The van der Waals surface area contributed by atoms with Crippen LogP contribution in [0.1, 0.15) is 90.9 Å². The van der Waals surface area contributed by atoms with Crippen LogP contribution in [-0.2, 0) is 33.4 Å². The fourth-order valence-electron chi connectivity index (χ4n) is 5.04. The molecule has 2 fully saturated rings. The van der Waals surface area contributed by atoms with Gasteiger partial charge in [0.15, 0.2) is 0 Å². The van der Waals surface area contributed by atoms with E-state index in [0.717, 1.165) is 77.0 Å². The van der Waals surface area contributed by atoms with Gasteiger partial charge in [0.1, 0.15) is 24.8 Å². The van der Waals surface area contributed by atoms with E-state index < -0.39 is 0 Å². The highest BCUT2D eigenvalue weighted by molar-refractivity contribution is 5.78. The fourth-order valence-corrected chi connectivity index (χ4v) is 5.04. The van der Waals surface area contributed by atoms with Gasteiger partial charge in [-0.25, -0.2) is 0 Å². The molecule has 0 aromatic carbocycles. The topological polar surface area (TPSA) is 96.0 Å². The molecule has 0 unspecified atom stereocenters. The molecule has 0 N–H and O–H groups in total. The average Bonchev–Trinajstić information content (AvgIpc) is 2.72. The van der Waals surface area contributed by atoms with Crippen LogP contribution in [0, 0.1) is 23.7 Å². The summed E-state index contributed by atoms with van der Waals surface area (Å²) >= 11 is 0. The average molecular weight is 467 g/mol. The van der Waals surface area contributed by atoms with E-state index in [4.69, 9.17) is 14.2 Å². The van der Waals surface area contributed by atoms with Gasteiger partial charge in [0, 0.05) is 11.8 Å². The molecule has 2 saturated carbocycles. The van der Waals surface area contributed by atoms with E-state index in [0.29, 0.717) is 0 Å². The normalized spacial score (nSPS) is 26.7. The van der Waals surface area contributed by atoms with E-state index in [1.807, 2.05) is 0 Å². The Morgan fingerprint density at radius 2 is 0.818 bits per heavy atom. The first kappa shape index (κ1) is 27.5. The van der Waals surface area contributed by atoms with Crippen molar-refractivity contribution in [3.8, 4) is 0 Å². The molecule has 0 aliphatic heterocycles. The molecular formula is C26H42O7. The van der Waals surface area contributed by atoms with E-state index in [2.05, 4.69) is 0 Å². The number of Topliss-reactive ketones (excluding diaryl/α,β-unsaturated/α-hetero) is 2. The third-order valence-corrected chi connectivity index (χ3v) is 7.18. The zero-order valence-corrected chi connectivity index (χ0v) is 20.5. The Morgan fingerprint density at radius 3 is 1.12 bits per heavy atom. The molecule has 2 aliphatic rings. The molecular weight excluding hydrogens is 424 g/mol. The first-order valence-corrected chi connectivity index (χ1v) is 12.8. The number of hydrogen-bond donors (Lipinski definition) is 0. The first-order valence-electron chi connectivity index (χ1n) is 12.8. The molecule has 33 heavy (non-hydrogen) atoms. The smallest absolute Gasteiger partial charge is 0.309 e. The van der Waals surface area contributed by atoms with E-state index in [-0.39, 0.29) is 73.6 Å². The van der Waals surface area contributed by atoms with E-state index >= 15 is 0 Å². The molecule has 0 heterocycles. The Labute approximate surface area is 198 Å². The van der Waals surface area contributed by atoms with Crippen LogP contribution in [0.25, 0.3) is 0 Å². The van der Waals surface area contributed by atoms with Gasteiger partial charge >= 0.3 is 11.9 Å². The molecule has 7 nitrogen and oxygen atoms in total. The summed E-state index contributed by atoms with van der Waals surface area (Å²) < 4.78 is 16.2. The minimum Gasteiger partial charge on any atom is -0.463 e. The van der Waals surface area contributed by atoms with Crippen molar-refractivity contribution in [2.45, 2.75) is 90.9 Å². The first-order chi connectivity index (χ1) is 15.9. The summed E-state index contributed by atoms with van der Waals surface area (Å²) in [5.41, 5.74) is 0. The van der Waals surface area contributed by atoms with Crippen molar-refractivity contribution in [2.75, 3.05) is 26.4 Å². The standard InChI is InChI=1S/C26H42O7/c1-19(27)21-7-3-11-23(12-4-8-21)25(29)32-17-15-31-16-18-33-26(30)24-13-5-9-22(20(2)28)10-6-14-24/h21-24H,3-18H2,1-2H3/t21-,22-,23+,24+. The molecule has 0 amide bonds. The molecule has 2 aliphatic carbocycles. The lowest BCUT2D eigenvalue weighted by atomic mass is 9.84. The lowest BCUT2D eigenvalue weighted by Crippen LogP contribution is -2.24. The predicted octanol–water partition coefficient (Wildman–Crippen LogP) is 4.44. The fraction of sp³-hybridized carbons (Fsp3) is 0.846. The highest BCUT2D eigenvalue weighted by Crippen LogP contribution is 2.28. The van der Waals surface area contributed by atoms with Gasteiger partial charge in [-0.05, 0) is 65.2 Å². The second-order valence-corrected chi connectivity index (χ2v) is 9.68. The summed E-state index contributed by atoms with van der Waals surface area (Å²) in [7, 11) is 0. The van der Waals surface area contributed by atoms with Crippen molar-refractivity contribution in [1.82, 2.24) is 0 Å². The number of hydrogen-bond acceptors (Lipinski definition) is 7. The van der Waals surface area contributed by atoms with Crippen LogP contribution in [0.15, 0.2) is 0 Å². The molecule has 0 aromatic rings. The molecule has 0 aromatic heterocycles. The van der Waals surface area contributed by atoms with E-state index in [1.165, 1.54) is 0 Å². The summed E-state index contributed by atoms with van der Waals surface area (Å²) in [5, 5.41) is 0. The highest BCUT2D eigenvalue weighted by atomic mass is 16.6. The lowest BCUT2D eigenvalue weighted by molar-refractivity contribution is -0.152. The van der Waals surface area contributed by atoms with Gasteiger partial charge in [0.05, 0.1) is 25.0 Å². The second kappa shape index (κ2) is 15.2. The zero-order chi connectivity index (χ0) is 24.1. The van der Waals surface area contributed by atoms with Crippen molar-refractivity contribution in [3.63, 3.8) is 0 Å². The van der Waals surface area contributed by atoms with Crippen molar-refractivity contribution in [1.29, 1.82) is 0 Å². The Hall–Kier alpha value is -1.76. The van der Waals surface area contributed by atoms with Gasteiger partial charge in [-0.3, -0.25) is 19.2 Å². The number of carbonyl (C=O) groups is 4. The van der Waals surface area contributed by atoms with Gasteiger partial charge in [-0.15, -0.1) is 0 Å². The molecule has 2 rings (SSSR count). The quantitative estimate of drug-likeness (QED) is 0.347. The predicted molar refractivity (Wildman–Crippen MR) is 123 cm³/mol. The summed E-state index contributed by atoms with van der Waals surface area (Å²) in [6.07, 6.45) is 10.1. The second-order valence-electron chi connectivity index (χ2n) is 9.68. The van der Waals surface area contributed by atoms with E-state index in [9.17, 15) is 19.2 Å². The summed E-state index contributed by atoms with van der Waals surface area (Å²) in [4.78, 5) is 47.7. The minimum absolute atomic E-state index is 0.0895. The third kappa shape index (κ3) is 10.4. The van der Waals surface area contributed by atoms with Crippen LogP contribution < -0.4 is 0 Å². The number of carbonyl (C=O) groups excluding carboxylic acids is 4. The maximum Gasteiger partial charge on any atom is 0.309 e. The lowest BCUT2D eigenvalue weighted by Gasteiger charge is -2.22. The van der Waals surface area contributed by atoms with Crippen LogP contribution in [0.3, 0.4) is 0 Å². The number of esters is 2. The Balaban J connectivity index is 1.51. The molecule has 0 atom stereocenters. The molecule has 7 heteroatoms. The van der Waals surface area contributed by atoms with Gasteiger partial charge in [-0.2, -0.15) is 0 Å². The molecule has 0 saturated heterocycles. The highest BCUT2D eigenvalue weighted by Gasteiger charge is 2.26. The van der Waals surface area contributed by atoms with Gasteiger partial charge in [0.2, 0.25) is 0 Å².